The van der Waals surface area contributed by atoms with E-state index in [1.807, 2.05) is 0 Å². The van der Waals surface area contributed by atoms with Gasteiger partial charge >= 0.3 is 0 Å². The van der Waals surface area contributed by atoms with Gasteiger partial charge in [0.05, 0.1) is 0 Å². The largest absolute Gasteiger partial charge is 0.134 e. The minimum absolute atomic E-state index is 1.08. The molecule has 0 aliphatic carbocycles. The monoisotopic (exact) mass is 90.0 g/mol. The third-order valence-corrected chi connectivity index (χ3v) is 3.00. The summed E-state index contributed by atoms with van der Waals surface area (Å²) in [7, 11) is 2.17. The Bertz CT molecular complexity index is 45.8. The van der Waals surface area contributed by atoms with E-state index < -0.39 is 0 Å². The average molecular weight is 90.0 g/mol. The van der Waals surface area contributed by atoms with Crippen molar-refractivity contribution in [2.75, 3.05) is 0 Å². The third-order valence-electron chi connectivity index (χ3n) is 0.333. The summed E-state index contributed by atoms with van der Waals surface area (Å²) in [6.45, 7) is 0. The van der Waals surface area contributed by atoms with Crippen molar-refractivity contribution >= 4 is 16.4 Å². The molecule has 0 bridgehead atoms. The van der Waals surface area contributed by atoms with Crippen molar-refractivity contribution in [3.05, 3.63) is 11.1 Å². The molecule has 0 N–H and O–H groups in total. The Kier molecular flexibility index (Phi) is 0.624. The van der Waals surface area contributed by atoms with Crippen LogP contribution >= 0.6 is 16.4 Å². The Labute approximate surface area is 28.4 Å². The Hall–Kier alpha value is 0.340. The van der Waals surface area contributed by atoms with E-state index in [4.69, 9.17) is 0 Å². The van der Waals surface area contributed by atoms with E-state index in [1.54, 1.807) is 0 Å². The van der Waals surface area contributed by atoms with Gasteiger partial charge in [-0.05, 0) is 11.1 Å². The summed E-state index contributed by atoms with van der Waals surface area (Å²) in [6, 6.07) is 0. The fourth-order valence-electron chi connectivity index (χ4n) is 0.0833. The first-order valence-electron chi connectivity index (χ1n) is 1.15. The van der Waals surface area contributed by atoms with Crippen LogP contribution in [-0.2, 0) is 0 Å². The predicted molar refractivity (Wildman–Crippen MR) is 25.4 cm³/mol. The van der Waals surface area contributed by atoms with Crippen LogP contribution in [0.2, 0.25) is 0 Å². The second-order valence-corrected chi connectivity index (χ2v) is 3.60. The molecule has 1 heterocycles. The smallest absolute Gasteiger partial charge is 0.0263 e. The lowest BCUT2D eigenvalue weighted by Crippen LogP contribution is -1.16. The van der Waals surface area contributed by atoms with Gasteiger partial charge in [0.15, 0.2) is 0 Å². The Morgan fingerprint density at radius 1 is 2.00 bits per heavy atom. The van der Waals surface area contributed by atoms with Crippen molar-refractivity contribution in [3.8, 4) is 0 Å². The van der Waals surface area contributed by atoms with Gasteiger partial charge in [0.25, 0.3) is 0 Å². The predicted octanol–water partition coefficient (Wildman–Crippen LogP) is 1.75. The normalized spacial score (nSPS) is 12.0. The second-order valence-electron chi connectivity index (χ2n) is 0.622. The standard InChI is InChI=1S/C2H4P2/c1-3-2-4-1/h1-4H. The van der Waals surface area contributed by atoms with E-state index >= 15 is 0 Å². The maximum Gasteiger partial charge on any atom is -0.0263 e. The SMILES string of the molecule is c1[pH][cH-][pH+]1. The molecule has 1 aromatic rings. The molecule has 0 amide bonds. The third kappa shape index (κ3) is 0.223. The number of hydrogen-bond donors (Lipinski definition) is 0. The maximum atomic E-state index is 2.31. The lowest BCUT2D eigenvalue weighted by atomic mass is 11.9. The highest BCUT2D eigenvalue weighted by molar-refractivity contribution is 7.56. The zero-order chi connectivity index (χ0) is 2.83. The van der Waals surface area contributed by atoms with Crippen LogP contribution in [0.15, 0.2) is 11.1 Å². The van der Waals surface area contributed by atoms with Gasteiger partial charge < -0.3 is 0 Å². The molecule has 2 heteroatoms. The van der Waals surface area contributed by atoms with Crippen molar-refractivity contribution in [2.24, 2.45) is 0 Å². The van der Waals surface area contributed by atoms with Crippen LogP contribution in [0, 0.1) is 0 Å². The van der Waals surface area contributed by atoms with Crippen molar-refractivity contribution < 1.29 is 0 Å². The number of hydrogen-bond acceptors (Lipinski definition) is 0. The molecule has 0 fully saturated rings. The van der Waals surface area contributed by atoms with Crippen LogP contribution in [0.3, 0.4) is 0 Å². The molecule has 0 spiro atoms. The Morgan fingerprint density at radius 3 is 2.25 bits per heavy atom. The maximum absolute atomic E-state index is 2.31. The van der Waals surface area contributed by atoms with E-state index in [0.29, 0.717) is 0 Å². The van der Waals surface area contributed by atoms with Gasteiger partial charge in [-0.1, -0.05) is 0 Å². The molecule has 4 heavy (non-hydrogen) atoms. The first kappa shape index (κ1) is 2.57. The highest BCUT2D eigenvalue weighted by Crippen LogP contribution is 2.18. The topological polar surface area (TPSA) is 0 Å². The summed E-state index contributed by atoms with van der Waals surface area (Å²) >= 11 is 0. The molecule has 22 valence electrons. The highest BCUT2D eigenvalue weighted by atomic mass is 31.1. The van der Waals surface area contributed by atoms with Crippen LogP contribution in [-0.4, -0.2) is 0 Å². The Morgan fingerprint density at radius 2 is 2.25 bits per heavy atom. The molecule has 0 radical (unpaired) electrons. The summed E-state index contributed by atoms with van der Waals surface area (Å²) in [6.07, 6.45) is 0. The molecule has 0 aliphatic heterocycles. The second kappa shape index (κ2) is 0.971. The van der Waals surface area contributed by atoms with Crippen molar-refractivity contribution in [3.63, 3.8) is 0 Å². The minimum atomic E-state index is 1.08. The quantitative estimate of drug-likeness (QED) is 0.425. The van der Waals surface area contributed by atoms with Gasteiger partial charge in [-0.2, -0.15) is 0 Å². The molecular weight excluding hydrogens is 86.0 g/mol. The van der Waals surface area contributed by atoms with Crippen molar-refractivity contribution in [1.29, 1.82) is 0 Å². The van der Waals surface area contributed by atoms with Crippen molar-refractivity contribution in [2.45, 2.75) is 0 Å². The van der Waals surface area contributed by atoms with E-state index in [0.717, 1.165) is 16.4 Å². The zero-order valence-electron chi connectivity index (χ0n) is 2.15. The average Bonchev–Trinajstić information content (AvgIpc) is 0.722. The molecule has 0 aromatic carbocycles. The Balaban J connectivity index is 3.00. The van der Waals surface area contributed by atoms with Crippen LogP contribution in [0.4, 0.5) is 0 Å². The summed E-state index contributed by atoms with van der Waals surface area (Å²) in [5.41, 5.74) is 4.61. The van der Waals surface area contributed by atoms with E-state index in [1.165, 1.54) is 0 Å². The van der Waals surface area contributed by atoms with Crippen molar-refractivity contribution in [1.82, 2.24) is 0 Å². The highest BCUT2D eigenvalue weighted by Gasteiger charge is 1.55. The molecule has 1 rings (SSSR count). The molecule has 0 atom stereocenters. The molecular formula is C2H4P2. The molecule has 0 nitrogen and oxygen atoms in total. The molecule has 1 aromatic heterocycles. The molecule has 0 saturated heterocycles. The summed E-state index contributed by atoms with van der Waals surface area (Å²) in [5.74, 6) is 0. The van der Waals surface area contributed by atoms with Crippen LogP contribution in [0.1, 0.15) is 0 Å². The lowest BCUT2D eigenvalue weighted by molar-refractivity contribution is 2.72. The van der Waals surface area contributed by atoms with Gasteiger partial charge in [-0.3, -0.25) is 0 Å². The van der Waals surface area contributed by atoms with Gasteiger partial charge in [-0.15, -0.1) is 16.4 Å². The van der Waals surface area contributed by atoms with Crippen LogP contribution < -0.4 is 0 Å². The van der Waals surface area contributed by atoms with Gasteiger partial charge in [0, 0.05) is 0 Å². The van der Waals surface area contributed by atoms with Gasteiger partial charge in [-0.25, -0.2) is 0 Å². The zero-order valence-corrected chi connectivity index (χ0v) is 4.15. The summed E-state index contributed by atoms with van der Waals surface area (Å²) < 4.78 is 0. The van der Waals surface area contributed by atoms with Crippen LogP contribution in [0.25, 0.3) is 0 Å². The van der Waals surface area contributed by atoms with Gasteiger partial charge in [0.1, 0.15) is 0 Å². The van der Waals surface area contributed by atoms with Gasteiger partial charge in [0.2, 0.25) is 0 Å². The fourth-order valence-corrected chi connectivity index (χ4v) is 0.750. The van der Waals surface area contributed by atoms with E-state index in [-0.39, 0.29) is 0 Å². The first-order valence-corrected chi connectivity index (χ1v) is 3.46. The molecule has 0 aliphatic rings. The number of rotatable bonds is 0. The molecule has 0 unspecified atom stereocenters. The molecule has 0 saturated carbocycles. The summed E-state index contributed by atoms with van der Waals surface area (Å²) in [4.78, 5) is 0. The summed E-state index contributed by atoms with van der Waals surface area (Å²) in [5, 5.41) is 0. The first-order chi connectivity index (χ1) is 2.00. The van der Waals surface area contributed by atoms with E-state index in [2.05, 4.69) is 11.1 Å². The van der Waals surface area contributed by atoms with Crippen LogP contribution in [0.5, 0.6) is 0 Å². The van der Waals surface area contributed by atoms with E-state index in [9.17, 15) is 0 Å². The lowest BCUT2D eigenvalue weighted by Gasteiger charge is -1.71. The fraction of sp³-hybridized carbons (Fsp3) is 0. The minimum Gasteiger partial charge on any atom is -0.134 e.